The van der Waals surface area contributed by atoms with Gasteiger partial charge < -0.3 is 14.3 Å². The Balaban J connectivity index is 1.41. The lowest BCUT2D eigenvalue weighted by Gasteiger charge is -2.34. The second-order valence-electron chi connectivity index (χ2n) is 8.04. The monoisotopic (exact) mass is 444 g/mol. The summed E-state index contributed by atoms with van der Waals surface area (Å²) < 4.78 is 6.90. The van der Waals surface area contributed by atoms with Crippen LogP contribution in [0.2, 0.25) is 0 Å². The number of hydrogen-bond acceptors (Lipinski definition) is 6. The van der Waals surface area contributed by atoms with Gasteiger partial charge in [-0.1, -0.05) is 35.5 Å². The average molecular weight is 444 g/mol. The molecular formula is C24H24N6O3. The number of piperazine rings is 1. The summed E-state index contributed by atoms with van der Waals surface area (Å²) in [5.41, 5.74) is 3.60. The molecular weight excluding hydrogens is 420 g/mol. The molecule has 33 heavy (non-hydrogen) atoms. The van der Waals surface area contributed by atoms with E-state index in [0.717, 1.165) is 16.6 Å². The number of aromatic nitrogens is 4. The Hall–Kier alpha value is -4.01. The van der Waals surface area contributed by atoms with E-state index in [1.165, 1.54) is 0 Å². The van der Waals surface area contributed by atoms with E-state index in [1.54, 1.807) is 33.7 Å². The molecule has 0 saturated carbocycles. The molecule has 1 aliphatic heterocycles. The molecule has 0 spiro atoms. The van der Waals surface area contributed by atoms with Gasteiger partial charge in [0.2, 0.25) is 5.76 Å². The van der Waals surface area contributed by atoms with Crippen molar-refractivity contribution in [1.82, 2.24) is 29.7 Å². The normalized spacial score (nSPS) is 14.1. The smallest absolute Gasteiger partial charge is 0.292 e. The molecule has 0 N–H and O–H groups in total. The minimum atomic E-state index is -0.204. The maximum Gasteiger partial charge on any atom is 0.292 e. The molecule has 0 aliphatic carbocycles. The summed E-state index contributed by atoms with van der Waals surface area (Å²) in [5, 5.41) is 8.94. The first-order valence-corrected chi connectivity index (χ1v) is 11.0. The quantitative estimate of drug-likeness (QED) is 0.480. The number of carbonyl (C=O) groups is 2. The predicted octanol–water partition coefficient (Wildman–Crippen LogP) is 3.01. The van der Waals surface area contributed by atoms with Gasteiger partial charge in [-0.15, -0.1) is 0 Å². The van der Waals surface area contributed by atoms with Crippen LogP contribution in [0.1, 0.15) is 33.5 Å². The van der Waals surface area contributed by atoms with Crippen LogP contribution in [-0.2, 0) is 6.54 Å². The summed E-state index contributed by atoms with van der Waals surface area (Å²) in [6.07, 6.45) is 1.71. The lowest BCUT2D eigenvalue weighted by molar-refractivity contribution is 0.0513. The van der Waals surface area contributed by atoms with Crippen molar-refractivity contribution < 1.29 is 14.1 Å². The molecule has 1 aliphatic rings. The van der Waals surface area contributed by atoms with Gasteiger partial charge in [-0.25, -0.2) is 9.67 Å². The molecule has 4 heterocycles. The van der Waals surface area contributed by atoms with Crippen molar-refractivity contribution in [2.75, 3.05) is 26.2 Å². The van der Waals surface area contributed by atoms with Crippen LogP contribution in [0.5, 0.6) is 0 Å². The first-order chi connectivity index (χ1) is 16.0. The molecule has 0 unspecified atom stereocenters. The van der Waals surface area contributed by atoms with E-state index in [2.05, 4.69) is 10.3 Å². The Labute approximate surface area is 190 Å². The standard InChI is InChI=1S/C24H24N6O3/c1-3-30-22-19(15-25-30)18(14-20(26-22)17-7-5-4-6-8-17)23(31)28-9-11-29(12-10-28)24(32)21-13-16(2)27-33-21/h4-8,13-15H,3,9-12H2,1-2H3. The SMILES string of the molecule is CCn1ncc2c(C(=O)N3CCN(C(=O)c4cc(C)no4)CC3)cc(-c3ccccc3)nc21. The van der Waals surface area contributed by atoms with Crippen LogP contribution in [0.15, 0.2) is 53.2 Å². The molecule has 1 fully saturated rings. The summed E-state index contributed by atoms with van der Waals surface area (Å²) in [7, 11) is 0. The van der Waals surface area contributed by atoms with E-state index in [4.69, 9.17) is 9.51 Å². The number of aryl methyl sites for hydroxylation is 2. The number of hydrogen-bond donors (Lipinski definition) is 0. The fourth-order valence-corrected chi connectivity index (χ4v) is 4.12. The van der Waals surface area contributed by atoms with Gasteiger partial charge in [-0.2, -0.15) is 5.10 Å². The van der Waals surface area contributed by atoms with Crippen LogP contribution in [-0.4, -0.2) is 67.7 Å². The highest BCUT2D eigenvalue weighted by Crippen LogP contribution is 2.26. The lowest BCUT2D eigenvalue weighted by Crippen LogP contribution is -2.50. The molecule has 1 saturated heterocycles. The van der Waals surface area contributed by atoms with Crippen LogP contribution in [0.4, 0.5) is 0 Å². The van der Waals surface area contributed by atoms with Gasteiger partial charge in [0.15, 0.2) is 5.65 Å². The summed E-state index contributed by atoms with van der Waals surface area (Å²) in [6.45, 7) is 6.16. The van der Waals surface area contributed by atoms with Gasteiger partial charge in [0.25, 0.3) is 11.8 Å². The molecule has 0 atom stereocenters. The van der Waals surface area contributed by atoms with Crippen LogP contribution in [0.25, 0.3) is 22.3 Å². The zero-order valence-electron chi connectivity index (χ0n) is 18.6. The topological polar surface area (TPSA) is 97.4 Å². The third kappa shape index (κ3) is 3.86. The van der Waals surface area contributed by atoms with E-state index in [0.29, 0.717) is 49.6 Å². The van der Waals surface area contributed by atoms with E-state index in [9.17, 15) is 9.59 Å². The van der Waals surface area contributed by atoms with Crippen molar-refractivity contribution in [3.63, 3.8) is 0 Å². The van der Waals surface area contributed by atoms with E-state index >= 15 is 0 Å². The van der Waals surface area contributed by atoms with Crippen molar-refractivity contribution in [1.29, 1.82) is 0 Å². The third-order valence-corrected chi connectivity index (χ3v) is 5.90. The first kappa shape index (κ1) is 20.9. The molecule has 0 radical (unpaired) electrons. The summed E-state index contributed by atoms with van der Waals surface area (Å²) in [5.74, 6) is -0.0648. The molecule has 4 aromatic rings. The zero-order chi connectivity index (χ0) is 22.9. The van der Waals surface area contributed by atoms with Gasteiger partial charge in [0.05, 0.1) is 28.5 Å². The van der Waals surface area contributed by atoms with E-state index < -0.39 is 0 Å². The number of benzene rings is 1. The van der Waals surface area contributed by atoms with Gasteiger partial charge in [-0.05, 0) is 19.9 Å². The Morgan fingerprint density at radius 1 is 1.00 bits per heavy atom. The van der Waals surface area contributed by atoms with Crippen molar-refractivity contribution in [3.8, 4) is 11.3 Å². The largest absolute Gasteiger partial charge is 0.351 e. The second-order valence-corrected chi connectivity index (χ2v) is 8.04. The highest BCUT2D eigenvalue weighted by atomic mass is 16.5. The summed E-state index contributed by atoms with van der Waals surface area (Å²) >= 11 is 0. The van der Waals surface area contributed by atoms with Crippen molar-refractivity contribution in [2.45, 2.75) is 20.4 Å². The van der Waals surface area contributed by atoms with Gasteiger partial charge in [-0.3, -0.25) is 9.59 Å². The fraction of sp³-hybridized carbons (Fsp3) is 0.292. The number of carbonyl (C=O) groups excluding carboxylic acids is 2. The highest BCUT2D eigenvalue weighted by molar-refractivity contribution is 6.06. The Bertz CT molecular complexity index is 1320. The van der Waals surface area contributed by atoms with Crippen molar-refractivity contribution >= 4 is 22.8 Å². The van der Waals surface area contributed by atoms with Crippen LogP contribution in [0, 0.1) is 6.92 Å². The molecule has 3 aromatic heterocycles. The van der Waals surface area contributed by atoms with Crippen LogP contribution in [0.3, 0.4) is 0 Å². The minimum absolute atomic E-state index is 0.0853. The Morgan fingerprint density at radius 3 is 2.33 bits per heavy atom. The number of nitrogens with zero attached hydrogens (tertiary/aromatic N) is 6. The number of fused-ring (bicyclic) bond motifs is 1. The lowest BCUT2D eigenvalue weighted by atomic mass is 10.1. The van der Waals surface area contributed by atoms with Gasteiger partial charge in [0.1, 0.15) is 0 Å². The number of amides is 2. The molecule has 1 aromatic carbocycles. The molecule has 9 heteroatoms. The van der Waals surface area contributed by atoms with Gasteiger partial charge >= 0.3 is 0 Å². The van der Waals surface area contributed by atoms with Crippen molar-refractivity contribution in [2.24, 2.45) is 0 Å². The molecule has 0 bridgehead atoms. The predicted molar refractivity (Wildman–Crippen MR) is 122 cm³/mol. The van der Waals surface area contributed by atoms with Crippen LogP contribution < -0.4 is 0 Å². The van der Waals surface area contributed by atoms with E-state index in [-0.39, 0.29) is 17.6 Å². The Morgan fingerprint density at radius 2 is 1.70 bits per heavy atom. The maximum absolute atomic E-state index is 13.6. The second kappa shape index (κ2) is 8.50. The fourth-order valence-electron chi connectivity index (χ4n) is 4.12. The number of pyridine rings is 1. The molecule has 168 valence electrons. The molecule has 2 amide bonds. The third-order valence-electron chi connectivity index (χ3n) is 5.90. The first-order valence-electron chi connectivity index (χ1n) is 11.0. The highest BCUT2D eigenvalue weighted by Gasteiger charge is 2.29. The minimum Gasteiger partial charge on any atom is -0.351 e. The van der Waals surface area contributed by atoms with Crippen LogP contribution >= 0.6 is 0 Å². The van der Waals surface area contributed by atoms with Gasteiger partial charge in [0, 0.05) is 44.4 Å². The zero-order valence-corrected chi connectivity index (χ0v) is 18.6. The number of rotatable bonds is 4. The molecule has 9 nitrogen and oxygen atoms in total. The molecule has 5 rings (SSSR count). The maximum atomic E-state index is 13.6. The summed E-state index contributed by atoms with van der Waals surface area (Å²) in [6, 6.07) is 13.3. The van der Waals surface area contributed by atoms with E-state index in [1.807, 2.05) is 43.3 Å². The summed E-state index contributed by atoms with van der Waals surface area (Å²) in [4.78, 5) is 34.5. The van der Waals surface area contributed by atoms with Crippen molar-refractivity contribution in [3.05, 3.63) is 65.7 Å². The Kier molecular flexibility index (Phi) is 5.37. The average Bonchev–Trinajstić information content (AvgIpc) is 3.49.